The maximum Gasteiger partial charge on any atom is 0.244 e. The van der Waals surface area contributed by atoms with Gasteiger partial charge >= 0.3 is 0 Å². The van der Waals surface area contributed by atoms with E-state index < -0.39 is 6.61 Å². The summed E-state index contributed by atoms with van der Waals surface area (Å²) >= 11 is 1.75. The van der Waals surface area contributed by atoms with Crippen LogP contribution in [0.25, 0.3) is 0 Å². The van der Waals surface area contributed by atoms with Crippen LogP contribution in [-0.4, -0.2) is 32.2 Å². The van der Waals surface area contributed by atoms with Crippen molar-refractivity contribution in [3.63, 3.8) is 0 Å². The highest BCUT2D eigenvalue weighted by molar-refractivity contribution is 7.10. The van der Waals surface area contributed by atoms with Gasteiger partial charge in [0, 0.05) is 23.2 Å². The van der Waals surface area contributed by atoms with Crippen molar-refractivity contribution in [2.45, 2.75) is 45.9 Å². The van der Waals surface area contributed by atoms with Crippen molar-refractivity contribution in [2.75, 3.05) is 6.54 Å². The van der Waals surface area contributed by atoms with Crippen LogP contribution in [0.1, 0.15) is 41.2 Å². The second-order valence-electron chi connectivity index (χ2n) is 5.97. The van der Waals surface area contributed by atoms with Gasteiger partial charge in [0.05, 0.1) is 12.6 Å². The monoisotopic (exact) mass is 347 g/mol. The maximum absolute atomic E-state index is 12.8. The number of aromatic nitrogens is 2. The Hall–Kier alpha value is -1.99. The zero-order valence-electron chi connectivity index (χ0n) is 13.9. The summed E-state index contributed by atoms with van der Waals surface area (Å²) in [5, 5.41) is 15.4. The number of aliphatic hydroxyl groups excluding tert-OH is 1. The summed E-state index contributed by atoms with van der Waals surface area (Å²) in [6.45, 7) is 4.19. The van der Waals surface area contributed by atoms with Crippen LogP contribution in [0.4, 0.5) is 0 Å². The fourth-order valence-corrected chi connectivity index (χ4v) is 4.17. The Kier molecular flexibility index (Phi) is 4.82. The number of carbonyl (C=O) groups is 1. The van der Waals surface area contributed by atoms with E-state index in [0.717, 1.165) is 12.8 Å². The van der Waals surface area contributed by atoms with Crippen molar-refractivity contribution >= 4 is 17.2 Å². The number of fused-ring (bicyclic) bond motifs is 1. The fourth-order valence-electron chi connectivity index (χ4n) is 3.25. The predicted octanol–water partition coefficient (Wildman–Crippen LogP) is 1.64. The quantitative estimate of drug-likeness (QED) is 0.912. The van der Waals surface area contributed by atoms with Crippen molar-refractivity contribution in [2.24, 2.45) is 0 Å². The zero-order valence-corrected chi connectivity index (χ0v) is 14.7. The van der Waals surface area contributed by atoms with Crippen molar-refractivity contribution in [1.29, 1.82) is 0 Å². The predicted molar refractivity (Wildman–Crippen MR) is 91.9 cm³/mol. The molecule has 0 saturated carbocycles. The Morgan fingerprint density at radius 3 is 3.00 bits per heavy atom. The fraction of sp³-hybridized carbons (Fsp3) is 0.471. The third kappa shape index (κ3) is 3.01. The summed E-state index contributed by atoms with van der Waals surface area (Å²) < 4.78 is 1.51. The van der Waals surface area contributed by atoms with E-state index in [1.807, 2.05) is 4.90 Å². The molecule has 0 spiro atoms. The second-order valence-corrected chi connectivity index (χ2v) is 6.97. The first-order chi connectivity index (χ1) is 11.5. The molecule has 0 bridgehead atoms. The van der Waals surface area contributed by atoms with E-state index in [1.165, 1.54) is 21.2 Å². The molecular formula is C17H21N3O3S. The molecule has 1 aliphatic rings. The largest absolute Gasteiger partial charge is 0.390 e. The molecule has 3 heterocycles. The van der Waals surface area contributed by atoms with Gasteiger partial charge in [0.15, 0.2) is 0 Å². The number of thiophene rings is 1. The van der Waals surface area contributed by atoms with Crippen molar-refractivity contribution in [1.82, 2.24) is 14.7 Å². The van der Waals surface area contributed by atoms with E-state index >= 15 is 0 Å². The van der Waals surface area contributed by atoms with Crippen LogP contribution in [0.5, 0.6) is 0 Å². The number of aliphatic hydroxyl groups is 1. The van der Waals surface area contributed by atoms with Gasteiger partial charge in [0.25, 0.3) is 0 Å². The summed E-state index contributed by atoms with van der Waals surface area (Å²) in [5.41, 5.74) is 1.64. The first-order valence-electron chi connectivity index (χ1n) is 8.09. The molecular weight excluding hydrogens is 326 g/mol. The van der Waals surface area contributed by atoms with Crippen molar-refractivity contribution < 1.29 is 9.90 Å². The van der Waals surface area contributed by atoms with Crippen LogP contribution in [0.3, 0.4) is 0 Å². The Morgan fingerprint density at radius 1 is 1.50 bits per heavy atom. The van der Waals surface area contributed by atoms with Crippen LogP contribution in [0.2, 0.25) is 0 Å². The highest BCUT2D eigenvalue weighted by Crippen LogP contribution is 2.35. The van der Waals surface area contributed by atoms with Crippen LogP contribution in [-0.2, 0) is 24.4 Å². The molecule has 1 unspecified atom stereocenters. The van der Waals surface area contributed by atoms with Gasteiger partial charge < -0.3 is 10.0 Å². The zero-order chi connectivity index (χ0) is 17.3. The number of nitrogens with zero attached hydrogens (tertiary/aromatic N) is 3. The van der Waals surface area contributed by atoms with Crippen molar-refractivity contribution in [3.05, 3.63) is 49.6 Å². The molecule has 2 aromatic rings. The molecule has 128 valence electrons. The molecule has 0 aliphatic carbocycles. The number of amides is 1. The van der Waals surface area contributed by atoms with Gasteiger partial charge in [0.2, 0.25) is 11.3 Å². The summed E-state index contributed by atoms with van der Waals surface area (Å²) in [4.78, 5) is 27.8. The second kappa shape index (κ2) is 6.86. The van der Waals surface area contributed by atoms with Crippen LogP contribution >= 0.6 is 11.3 Å². The first-order valence-corrected chi connectivity index (χ1v) is 8.97. The SMILES string of the molecule is CCC1c2ccsc2CCN1C(=O)Cn1nc(CO)c(=O)cc1C. The van der Waals surface area contributed by atoms with Gasteiger partial charge in [0.1, 0.15) is 12.2 Å². The highest BCUT2D eigenvalue weighted by atomic mass is 32.1. The normalized spacial score (nSPS) is 17.0. The lowest BCUT2D eigenvalue weighted by atomic mass is 9.98. The van der Waals surface area contributed by atoms with Crippen molar-refractivity contribution in [3.8, 4) is 0 Å². The summed E-state index contributed by atoms with van der Waals surface area (Å²) in [6.07, 6.45) is 1.75. The number of carbonyl (C=O) groups excluding carboxylic acids is 1. The Labute approximate surface area is 144 Å². The lowest BCUT2D eigenvalue weighted by molar-refractivity contribution is -0.135. The number of hydrogen-bond acceptors (Lipinski definition) is 5. The Balaban J connectivity index is 1.84. The average Bonchev–Trinajstić information content (AvgIpc) is 3.04. The third-order valence-electron chi connectivity index (χ3n) is 4.51. The minimum atomic E-state index is -0.424. The van der Waals surface area contributed by atoms with Crippen LogP contribution < -0.4 is 5.43 Å². The molecule has 0 aromatic carbocycles. The van der Waals surface area contributed by atoms with Gasteiger partial charge in [-0.3, -0.25) is 14.3 Å². The maximum atomic E-state index is 12.8. The molecule has 24 heavy (non-hydrogen) atoms. The molecule has 1 atom stereocenters. The molecule has 0 saturated heterocycles. The Bertz CT molecular complexity index is 812. The topological polar surface area (TPSA) is 75.4 Å². The molecule has 6 nitrogen and oxygen atoms in total. The average molecular weight is 347 g/mol. The summed E-state index contributed by atoms with van der Waals surface area (Å²) in [6, 6.07) is 3.63. The van der Waals surface area contributed by atoms with E-state index in [0.29, 0.717) is 12.2 Å². The van der Waals surface area contributed by atoms with Crippen LogP contribution in [0, 0.1) is 6.92 Å². The standard InChI is InChI=1S/C17H21N3O3S/c1-3-14-12-5-7-24-16(12)4-6-19(14)17(23)9-20-11(2)8-15(22)13(10-21)18-20/h5,7-8,14,21H,3-4,6,9-10H2,1-2H3. The Morgan fingerprint density at radius 2 is 2.29 bits per heavy atom. The molecule has 1 aliphatic heterocycles. The lowest BCUT2D eigenvalue weighted by Crippen LogP contribution is -2.41. The van der Waals surface area contributed by atoms with E-state index in [2.05, 4.69) is 23.5 Å². The molecule has 3 rings (SSSR count). The van der Waals surface area contributed by atoms with Gasteiger partial charge in [-0.25, -0.2) is 0 Å². The van der Waals surface area contributed by atoms with Gasteiger partial charge in [-0.05, 0) is 36.8 Å². The highest BCUT2D eigenvalue weighted by Gasteiger charge is 2.30. The first kappa shape index (κ1) is 16.9. The number of hydrogen-bond donors (Lipinski definition) is 1. The molecule has 7 heteroatoms. The minimum absolute atomic E-state index is 0.0122. The van der Waals surface area contributed by atoms with E-state index in [1.54, 1.807) is 18.3 Å². The van der Waals surface area contributed by atoms with E-state index in [4.69, 9.17) is 0 Å². The van der Waals surface area contributed by atoms with E-state index in [-0.39, 0.29) is 29.6 Å². The minimum Gasteiger partial charge on any atom is -0.390 e. The summed E-state index contributed by atoms with van der Waals surface area (Å²) in [7, 11) is 0. The number of aryl methyl sites for hydroxylation is 1. The molecule has 2 aromatic heterocycles. The van der Waals surface area contributed by atoms with Gasteiger partial charge in [-0.15, -0.1) is 11.3 Å². The molecule has 0 fully saturated rings. The smallest absolute Gasteiger partial charge is 0.244 e. The van der Waals surface area contributed by atoms with Gasteiger partial charge in [-0.1, -0.05) is 6.92 Å². The molecule has 0 radical (unpaired) electrons. The molecule has 1 N–H and O–H groups in total. The number of rotatable bonds is 4. The summed E-state index contributed by atoms with van der Waals surface area (Å²) in [5.74, 6) is -0.0122. The van der Waals surface area contributed by atoms with Gasteiger partial charge in [-0.2, -0.15) is 5.10 Å². The van der Waals surface area contributed by atoms with Crippen LogP contribution in [0.15, 0.2) is 22.3 Å². The lowest BCUT2D eigenvalue weighted by Gasteiger charge is -2.35. The molecule has 1 amide bonds. The third-order valence-corrected chi connectivity index (χ3v) is 5.51. The van der Waals surface area contributed by atoms with E-state index in [9.17, 15) is 14.7 Å².